The van der Waals surface area contributed by atoms with Gasteiger partial charge in [0.25, 0.3) is 0 Å². The summed E-state index contributed by atoms with van der Waals surface area (Å²) in [4.78, 5) is 12.1. The minimum Gasteiger partial charge on any atom is -1.00 e. The number of unbranched alkanes of at least 4 members (excludes halogenated alkanes) is 19. The van der Waals surface area contributed by atoms with E-state index < -0.39 is 0 Å². The molecule has 0 aromatic rings. The standard InChI is InChI=1S/C31H64N2O.ClH/c1-5-7-9-11-13-15-16-17-19-21-23-25-29-33(3,4)30-26-28-32-31(34)27-24-22-20-18-14-12-10-8-6-2;/h5-30H2,1-4H3;1H. The van der Waals surface area contributed by atoms with Gasteiger partial charge in [0.2, 0.25) is 5.91 Å². The van der Waals surface area contributed by atoms with Gasteiger partial charge in [0, 0.05) is 19.4 Å². The van der Waals surface area contributed by atoms with Gasteiger partial charge >= 0.3 is 0 Å². The van der Waals surface area contributed by atoms with Crippen molar-refractivity contribution in [3.63, 3.8) is 0 Å². The first-order chi connectivity index (χ1) is 16.5. The van der Waals surface area contributed by atoms with Crippen molar-refractivity contribution in [2.45, 2.75) is 162 Å². The Balaban J connectivity index is 0. The van der Waals surface area contributed by atoms with Crippen LogP contribution in [0.2, 0.25) is 0 Å². The highest BCUT2D eigenvalue weighted by molar-refractivity contribution is 5.75. The average molecular weight is 517 g/mol. The Morgan fingerprint density at radius 3 is 1.29 bits per heavy atom. The molecule has 0 fully saturated rings. The third kappa shape index (κ3) is 29.8. The molecule has 1 N–H and O–H groups in total. The van der Waals surface area contributed by atoms with E-state index in [0.29, 0.717) is 6.42 Å². The minimum absolute atomic E-state index is 0. The van der Waals surface area contributed by atoms with E-state index in [9.17, 15) is 4.79 Å². The topological polar surface area (TPSA) is 29.1 Å². The largest absolute Gasteiger partial charge is 1.00 e. The molecule has 0 aromatic heterocycles. The molecule has 0 atom stereocenters. The average Bonchev–Trinajstić information content (AvgIpc) is 2.81. The van der Waals surface area contributed by atoms with E-state index in [2.05, 4.69) is 33.3 Å². The van der Waals surface area contributed by atoms with E-state index in [0.717, 1.165) is 30.4 Å². The van der Waals surface area contributed by atoms with E-state index in [1.54, 1.807) is 0 Å². The molecular formula is C31H65ClN2O. The minimum atomic E-state index is 0. The van der Waals surface area contributed by atoms with Crippen LogP contribution in [0.15, 0.2) is 0 Å². The molecule has 35 heavy (non-hydrogen) atoms. The maximum atomic E-state index is 12.1. The van der Waals surface area contributed by atoms with E-state index in [1.807, 2.05) is 0 Å². The summed E-state index contributed by atoms with van der Waals surface area (Å²) in [6, 6.07) is 0. The van der Waals surface area contributed by atoms with Crippen molar-refractivity contribution < 1.29 is 21.7 Å². The smallest absolute Gasteiger partial charge is 0.219 e. The van der Waals surface area contributed by atoms with Gasteiger partial charge in [-0.3, -0.25) is 4.79 Å². The fourth-order valence-corrected chi connectivity index (χ4v) is 4.91. The summed E-state index contributed by atoms with van der Waals surface area (Å²) in [6.45, 7) is 7.84. The van der Waals surface area contributed by atoms with Crippen LogP contribution in [0.4, 0.5) is 0 Å². The highest BCUT2D eigenvalue weighted by atomic mass is 35.5. The van der Waals surface area contributed by atoms with Crippen LogP contribution >= 0.6 is 0 Å². The molecule has 0 bridgehead atoms. The lowest BCUT2D eigenvalue weighted by molar-refractivity contribution is -0.890. The Labute approximate surface area is 228 Å². The lowest BCUT2D eigenvalue weighted by Gasteiger charge is -2.30. The van der Waals surface area contributed by atoms with Crippen molar-refractivity contribution in [3.8, 4) is 0 Å². The summed E-state index contributed by atoms with van der Waals surface area (Å²) in [7, 11) is 4.70. The zero-order chi connectivity index (χ0) is 25.2. The number of quaternary nitrogens is 1. The lowest BCUT2D eigenvalue weighted by Crippen LogP contribution is -3.00. The van der Waals surface area contributed by atoms with Gasteiger partial charge < -0.3 is 22.2 Å². The first kappa shape index (κ1) is 36.9. The molecule has 0 unspecified atom stereocenters. The monoisotopic (exact) mass is 516 g/mol. The molecule has 0 heterocycles. The first-order valence-electron chi connectivity index (χ1n) is 15.6. The van der Waals surface area contributed by atoms with Crippen molar-refractivity contribution in [2.75, 3.05) is 33.7 Å². The van der Waals surface area contributed by atoms with E-state index in [-0.39, 0.29) is 18.3 Å². The predicted octanol–water partition coefficient (Wildman–Crippen LogP) is 6.20. The Kier molecular flexibility index (Phi) is 29.8. The molecule has 0 saturated heterocycles. The van der Waals surface area contributed by atoms with Gasteiger partial charge in [-0.2, -0.15) is 0 Å². The molecule has 0 rings (SSSR count). The third-order valence-corrected chi connectivity index (χ3v) is 7.39. The quantitative estimate of drug-likeness (QED) is 0.102. The molecule has 0 saturated carbocycles. The number of nitrogens with zero attached hydrogens (tertiary/aromatic N) is 1. The fourth-order valence-electron chi connectivity index (χ4n) is 4.91. The molecule has 0 aliphatic heterocycles. The number of amides is 1. The molecule has 212 valence electrons. The molecule has 0 aliphatic rings. The van der Waals surface area contributed by atoms with Crippen LogP contribution in [0.5, 0.6) is 0 Å². The van der Waals surface area contributed by atoms with Crippen LogP contribution in [0.25, 0.3) is 0 Å². The summed E-state index contributed by atoms with van der Waals surface area (Å²) in [5.74, 6) is 0.259. The Morgan fingerprint density at radius 1 is 0.514 bits per heavy atom. The summed E-state index contributed by atoms with van der Waals surface area (Å²) >= 11 is 0. The number of carbonyl (C=O) groups excluding carboxylic acids is 1. The van der Waals surface area contributed by atoms with Gasteiger partial charge in [-0.15, -0.1) is 0 Å². The Bertz CT molecular complexity index is 428. The molecule has 0 aliphatic carbocycles. The van der Waals surface area contributed by atoms with Crippen LogP contribution in [-0.2, 0) is 4.79 Å². The second-order valence-electron chi connectivity index (χ2n) is 11.6. The maximum absolute atomic E-state index is 12.1. The van der Waals surface area contributed by atoms with E-state index in [4.69, 9.17) is 0 Å². The van der Waals surface area contributed by atoms with Gasteiger partial charge in [0.15, 0.2) is 0 Å². The molecule has 1 amide bonds. The number of rotatable bonds is 27. The van der Waals surface area contributed by atoms with Crippen LogP contribution < -0.4 is 17.7 Å². The highest BCUT2D eigenvalue weighted by Gasteiger charge is 2.14. The summed E-state index contributed by atoms with van der Waals surface area (Å²) < 4.78 is 1.09. The SMILES string of the molecule is CCCCCCCCCCCCCC[N+](C)(C)CCCNC(=O)CCCCCCCCCCC.[Cl-]. The second kappa shape index (κ2) is 28.3. The van der Waals surface area contributed by atoms with Crippen LogP contribution in [0.1, 0.15) is 162 Å². The number of nitrogens with one attached hydrogen (secondary N) is 1. The zero-order valence-corrected chi connectivity index (χ0v) is 25.4. The van der Waals surface area contributed by atoms with Gasteiger partial charge in [0.1, 0.15) is 0 Å². The van der Waals surface area contributed by atoms with E-state index in [1.165, 1.54) is 135 Å². The lowest BCUT2D eigenvalue weighted by atomic mass is 10.1. The molecule has 0 radical (unpaired) electrons. The molecule has 4 heteroatoms. The van der Waals surface area contributed by atoms with Crippen molar-refractivity contribution in [1.29, 1.82) is 0 Å². The molecular weight excluding hydrogens is 452 g/mol. The number of hydrogen-bond acceptors (Lipinski definition) is 1. The van der Waals surface area contributed by atoms with Gasteiger partial charge in [-0.1, -0.05) is 129 Å². The van der Waals surface area contributed by atoms with Crippen molar-refractivity contribution in [3.05, 3.63) is 0 Å². The van der Waals surface area contributed by atoms with Crippen molar-refractivity contribution in [1.82, 2.24) is 5.32 Å². The fraction of sp³-hybridized carbons (Fsp3) is 0.968. The summed E-state index contributed by atoms with van der Waals surface area (Å²) in [6.07, 6.45) is 30.6. The van der Waals surface area contributed by atoms with Gasteiger partial charge in [-0.25, -0.2) is 0 Å². The summed E-state index contributed by atoms with van der Waals surface area (Å²) in [5, 5.41) is 3.15. The normalized spacial score (nSPS) is 11.4. The Hall–Kier alpha value is -0.280. The molecule has 0 aromatic carbocycles. The number of hydrogen-bond donors (Lipinski definition) is 1. The second-order valence-corrected chi connectivity index (χ2v) is 11.6. The number of carbonyl (C=O) groups is 1. The van der Waals surface area contributed by atoms with Crippen molar-refractivity contribution >= 4 is 5.91 Å². The van der Waals surface area contributed by atoms with Crippen LogP contribution in [-0.4, -0.2) is 44.1 Å². The van der Waals surface area contributed by atoms with Gasteiger partial charge in [-0.05, 0) is 19.3 Å². The molecule has 0 spiro atoms. The number of halogens is 1. The first-order valence-corrected chi connectivity index (χ1v) is 15.6. The highest BCUT2D eigenvalue weighted by Crippen LogP contribution is 2.13. The third-order valence-electron chi connectivity index (χ3n) is 7.39. The van der Waals surface area contributed by atoms with Gasteiger partial charge in [0.05, 0.1) is 27.2 Å². The van der Waals surface area contributed by atoms with Crippen LogP contribution in [0.3, 0.4) is 0 Å². The van der Waals surface area contributed by atoms with Crippen LogP contribution in [0, 0.1) is 0 Å². The Morgan fingerprint density at radius 2 is 0.857 bits per heavy atom. The van der Waals surface area contributed by atoms with Crippen molar-refractivity contribution in [2.24, 2.45) is 0 Å². The predicted molar refractivity (Wildman–Crippen MR) is 152 cm³/mol. The molecule has 3 nitrogen and oxygen atoms in total. The van der Waals surface area contributed by atoms with E-state index >= 15 is 0 Å². The zero-order valence-electron chi connectivity index (χ0n) is 24.6. The maximum Gasteiger partial charge on any atom is 0.219 e. The summed E-state index contributed by atoms with van der Waals surface area (Å²) in [5.41, 5.74) is 0.